The third kappa shape index (κ3) is 3.56. The van der Waals surface area contributed by atoms with Gasteiger partial charge in [0, 0.05) is 28.8 Å². The lowest BCUT2D eigenvalue weighted by Gasteiger charge is -2.16. The summed E-state index contributed by atoms with van der Waals surface area (Å²) in [5.74, 6) is 0.0767. The van der Waals surface area contributed by atoms with Crippen LogP contribution >= 0.6 is 15.9 Å². The number of hydrogen-bond donors (Lipinski definition) is 1. The van der Waals surface area contributed by atoms with Gasteiger partial charge in [0.1, 0.15) is 0 Å². The highest BCUT2D eigenvalue weighted by atomic mass is 79.9. The molecule has 2 aromatic carbocycles. The Morgan fingerprint density at radius 2 is 1.83 bits per heavy atom. The first-order valence-corrected chi connectivity index (χ1v) is 9.42. The minimum Gasteiger partial charge on any atom is -0.312 e. The molecule has 1 fully saturated rings. The van der Waals surface area contributed by atoms with Crippen molar-refractivity contribution in [3.63, 3.8) is 0 Å². The quantitative estimate of drug-likeness (QED) is 0.863. The molecule has 2 aromatic rings. The smallest absolute Gasteiger partial charge is 0.261 e. The van der Waals surface area contributed by atoms with Crippen LogP contribution in [0.15, 0.2) is 57.9 Å². The molecular weight excluding hydrogens is 380 g/mol. The molecule has 1 saturated heterocycles. The van der Waals surface area contributed by atoms with E-state index in [2.05, 4.69) is 20.7 Å². The molecule has 0 aromatic heterocycles. The first kappa shape index (κ1) is 16.0. The molecule has 1 amide bonds. The van der Waals surface area contributed by atoms with Crippen LogP contribution in [0.5, 0.6) is 0 Å². The Bertz CT molecular complexity index is 835. The molecule has 1 N–H and O–H groups in total. The Balaban J connectivity index is 1.81. The molecule has 5 nitrogen and oxygen atoms in total. The first-order valence-electron chi connectivity index (χ1n) is 7.14. The van der Waals surface area contributed by atoms with Crippen LogP contribution in [-0.2, 0) is 14.8 Å². The second kappa shape index (κ2) is 6.33. The normalized spacial score (nSPS) is 15.0. The predicted octanol–water partition coefficient (Wildman–Crippen LogP) is 3.38. The molecule has 1 heterocycles. The number of carbonyl (C=O) groups excluding carboxylic acids is 1. The fraction of sp³-hybridized carbons (Fsp3) is 0.188. The van der Waals surface area contributed by atoms with Crippen molar-refractivity contribution in [3.05, 3.63) is 53.0 Å². The summed E-state index contributed by atoms with van der Waals surface area (Å²) in [5, 5.41) is 0. The van der Waals surface area contributed by atoms with E-state index in [4.69, 9.17) is 0 Å². The molecule has 0 bridgehead atoms. The third-order valence-electron chi connectivity index (χ3n) is 3.61. The number of amides is 1. The average molecular weight is 395 g/mol. The van der Waals surface area contributed by atoms with Gasteiger partial charge in [-0.3, -0.25) is 9.52 Å². The second-order valence-electron chi connectivity index (χ2n) is 5.26. The Kier molecular flexibility index (Phi) is 4.41. The molecule has 1 aliphatic heterocycles. The Hall–Kier alpha value is -1.86. The summed E-state index contributed by atoms with van der Waals surface area (Å²) >= 11 is 3.31. The van der Waals surface area contributed by atoms with Crippen molar-refractivity contribution in [3.8, 4) is 0 Å². The van der Waals surface area contributed by atoms with Crippen molar-refractivity contribution in [2.75, 3.05) is 16.2 Å². The number of nitrogens with one attached hydrogen (secondary N) is 1. The van der Waals surface area contributed by atoms with Crippen molar-refractivity contribution in [2.45, 2.75) is 17.7 Å². The second-order valence-corrected chi connectivity index (χ2v) is 7.86. The number of halogens is 1. The summed E-state index contributed by atoms with van der Waals surface area (Å²) in [6.45, 7) is 0.682. The highest BCUT2D eigenvalue weighted by Gasteiger charge is 2.22. The number of benzene rings is 2. The molecule has 23 heavy (non-hydrogen) atoms. The van der Waals surface area contributed by atoms with E-state index in [1.54, 1.807) is 35.2 Å². The fourth-order valence-corrected chi connectivity index (χ4v) is 3.94. The first-order chi connectivity index (χ1) is 11.0. The van der Waals surface area contributed by atoms with Crippen LogP contribution in [0.3, 0.4) is 0 Å². The van der Waals surface area contributed by atoms with Crippen LogP contribution in [0.4, 0.5) is 11.4 Å². The van der Waals surface area contributed by atoms with Crippen LogP contribution in [0.25, 0.3) is 0 Å². The number of hydrogen-bond acceptors (Lipinski definition) is 3. The van der Waals surface area contributed by atoms with Gasteiger partial charge < -0.3 is 4.90 Å². The topological polar surface area (TPSA) is 66.5 Å². The van der Waals surface area contributed by atoms with E-state index in [1.807, 2.05) is 6.07 Å². The molecule has 0 atom stereocenters. The molecule has 1 aliphatic rings. The molecule has 3 rings (SSSR count). The molecule has 0 spiro atoms. The van der Waals surface area contributed by atoms with Crippen molar-refractivity contribution < 1.29 is 13.2 Å². The van der Waals surface area contributed by atoms with E-state index < -0.39 is 10.0 Å². The summed E-state index contributed by atoms with van der Waals surface area (Å²) in [5.41, 5.74) is 1.21. The van der Waals surface area contributed by atoms with E-state index in [1.165, 1.54) is 12.1 Å². The summed E-state index contributed by atoms with van der Waals surface area (Å²) in [6.07, 6.45) is 1.38. The number of carbonyl (C=O) groups is 1. The van der Waals surface area contributed by atoms with Gasteiger partial charge in [-0.2, -0.15) is 0 Å². The SMILES string of the molecule is O=C1CCCN1c1ccc(S(=O)(=O)Nc2cccc(Br)c2)cc1. The minimum absolute atomic E-state index is 0.0767. The van der Waals surface area contributed by atoms with E-state index in [-0.39, 0.29) is 10.8 Å². The Morgan fingerprint density at radius 3 is 2.43 bits per heavy atom. The number of rotatable bonds is 4. The zero-order valence-corrected chi connectivity index (χ0v) is 14.6. The maximum absolute atomic E-state index is 12.4. The standard InChI is InChI=1S/C16H15BrN2O3S/c17-12-3-1-4-13(11-12)18-23(21,22)15-8-6-14(7-9-15)19-10-2-5-16(19)20/h1,3-4,6-9,11,18H,2,5,10H2. The van der Waals surface area contributed by atoms with Gasteiger partial charge in [0.25, 0.3) is 10.0 Å². The lowest BCUT2D eigenvalue weighted by atomic mass is 10.3. The van der Waals surface area contributed by atoms with Gasteiger partial charge in [0.15, 0.2) is 0 Å². The summed E-state index contributed by atoms with van der Waals surface area (Å²) in [6, 6.07) is 13.3. The number of anilines is 2. The molecular formula is C16H15BrN2O3S. The van der Waals surface area contributed by atoms with Crippen molar-refractivity contribution in [1.29, 1.82) is 0 Å². The molecule has 0 radical (unpaired) electrons. The largest absolute Gasteiger partial charge is 0.312 e. The van der Waals surface area contributed by atoms with Crippen molar-refractivity contribution >= 4 is 43.2 Å². The van der Waals surface area contributed by atoms with Crippen molar-refractivity contribution in [2.24, 2.45) is 0 Å². The fourth-order valence-electron chi connectivity index (χ4n) is 2.49. The monoisotopic (exact) mass is 394 g/mol. The number of nitrogens with zero attached hydrogens (tertiary/aromatic N) is 1. The van der Waals surface area contributed by atoms with Crippen LogP contribution in [0.2, 0.25) is 0 Å². The number of sulfonamides is 1. The molecule has 0 aliphatic carbocycles. The van der Waals surface area contributed by atoms with Gasteiger partial charge in [0.05, 0.1) is 4.90 Å². The van der Waals surface area contributed by atoms with Gasteiger partial charge in [-0.25, -0.2) is 8.42 Å². The van der Waals surface area contributed by atoms with Gasteiger partial charge in [-0.05, 0) is 48.9 Å². The van der Waals surface area contributed by atoms with E-state index >= 15 is 0 Å². The lowest BCUT2D eigenvalue weighted by molar-refractivity contribution is -0.117. The Labute approximate surface area is 143 Å². The van der Waals surface area contributed by atoms with Crippen LogP contribution in [-0.4, -0.2) is 20.9 Å². The predicted molar refractivity (Wildman–Crippen MR) is 93.0 cm³/mol. The molecule has 7 heteroatoms. The Morgan fingerprint density at radius 1 is 1.09 bits per heavy atom. The molecule has 0 saturated carbocycles. The summed E-state index contributed by atoms with van der Waals surface area (Å²) in [7, 11) is -3.66. The van der Waals surface area contributed by atoms with E-state index in [0.717, 1.165) is 16.6 Å². The molecule has 120 valence electrons. The zero-order chi connectivity index (χ0) is 16.4. The maximum Gasteiger partial charge on any atom is 0.261 e. The lowest BCUT2D eigenvalue weighted by Crippen LogP contribution is -2.23. The average Bonchev–Trinajstić information content (AvgIpc) is 2.93. The van der Waals surface area contributed by atoms with Gasteiger partial charge in [-0.1, -0.05) is 22.0 Å². The van der Waals surface area contributed by atoms with Gasteiger partial charge in [0.2, 0.25) is 5.91 Å². The van der Waals surface area contributed by atoms with Crippen LogP contribution < -0.4 is 9.62 Å². The summed E-state index contributed by atoms with van der Waals surface area (Å²) < 4.78 is 28.1. The van der Waals surface area contributed by atoms with Crippen LogP contribution in [0, 0.1) is 0 Å². The van der Waals surface area contributed by atoms with E-state index in [9.17, 15) is 13.2 Å². The van der Waals surface area contributed by atoms with Gasteiger partial charge >= 0.3 is 0 Å². The van der Waals surface area contributed by atoms with Gasteiger partial charge in [-0.15, -0.1) is 0 Å². The highest BCUT2D eigenvalue weighted by Crippen LogP contribution is 2.24. The molecule has 0 unspecified atom stereocenters. The van der Waals surface area contributed by atoms with Crippen molar-refractivity contribution in [1.82, 2.24) is 0 Å². The summed E-state index contributed by atoms with van der Waals surface area (Å²) in [4.78, 5) is 13.6. The minimum atomic E-state index is -3.66. The van der Waals surface area contributed by atoms with E-state index in [0.29, 0.717) is 18.7 Å². The third-order valence-corrected chi connectivity index (χ3v) is 5.50. The maximum atomic E-state index is 12.4. The zero-order valence-electron chi connectivity index (χ0n) is 12.2. The highest BCUT2D eigenvalue weighted by molar-refractivity contribution is 9.10. The van der Waals surface area contributed by atoms with Crippen LogP contribution in [0.1, 0.15) is 12.8 Å².